The number of hydrogen-bond donors (Lipinski definition) is 2. The molecule has 13 heteroatoms. The molecule has 52 heavy (non-hydrogen) atoms. The number of hydrogen-bond acceptors (Lipinski definition) is 7. The predicted octanol–water partition coefficient (Wildman–Crippen LogP) is 5.18. The van der Waals surface area contributed by atoms with Gasteiger partial charge in [-0.15, -0.1) is 0 Å². The third kappa shape index (κ3) is 6.42. The number of imidazole rings is 1. The van der Waals surface area contributed by atoms with Crippen molar-refractivity contribution in [1.29, 1.82) is 0 Å². The van der Waals surface area contributed by atoms with E-state index >= 15 is 4.39 Å². The second kappa shape index (κ2) is 13.8. The van der Waals surface area contributed by atoms with Crippen molar-refractivity contribution >= 4 is 45.3 Å². The molecule has 2 saturated heterocycles. The predicted molar refractivity (Wildman–Crippen MR) is 195 cm³/mol. The van der Waals surface area contributed by atoms with E-state index in [9.17, 15) is 19.2 Å². The van der Waals surface area contributed by atoms with Crippen molar-refractivity contribution in [3.8, 4) is 0 Å². The second-order valence-electron chi connectivity index (χ2n) is 14.7. The van der Waals surface area contributed by atoms with E-state index in [-0.39, 0.29) is 42.3 Å². The topological polar surface area (TPSA) is 136 Å². The van der Waals surface area contributed by atoms with Gasteiger partial charge in [-0.3, -0.25) is 33.5 Å². The van der Waals surface area contributed by atoms with Crippen molar-refractivity contribution in [2.75, 3.05) is 25.0 Å². The first kappa shape index (κ1) is 33.9. The highest BCUT2D eigenvalue weighted by Crippen LogP contribution is 2.38. The molecule has 3 fully saturated rings. The number of amides is 3. The summed E-state index contributed by atoms with van der Waals surface area (Å²) in [5.41, 5.74) is 4.45. The number of fused-ring (bicyclic) bond motifs is 2. The van der Waals surface area contributed by atoms with Gasteiger partial charge in [0.05, 0.1) is 22.6 Å². The Hall–Kier alpha value is -5.17. The molecule has 1 saturated carbocycles. The fourth-order valence-corrected chi connectivity index (χ4v) is 8.61. The maximum atomic E-state index is 16.1. The van der Waals surface area contributed by atoms with E-state index in [1.54, 1.807) is 19.2 Å². The van der Waals surface area contributed by atoms with E-state index < -0.39 is 18.1 Å². The zero-order valence-electron chi connectivity index (χ0n) is 29.4. The summed E-state index contributed by atoms with van der Waals surface area (Å²) < 4.78 is 21.1. The number of carbonyl (C=O) groups excluding carboxylic acids is 3. The number of nitrogens with one attached hydrogen (secondary N) is 2. The van der Waals surface area contributed by atoms with Gasteiger partial charge in [0.2, 0.25) is 11.8 Å². The molecular weight excluding hydrogens is 663 g/mol. The number of rotatable bonds is 7. The van der Waals surface area contributed by atoms with E-state index in [0.717, 1.165) is 60.9 Å². The lowest BCUT2D eigenvalue weighted by molar-refractivity contribution is -0.135. The number of piperidine rings is 2. The number of aryl methyl sites for hydroxylation is 2. The first-order valence-corrected chi connectivity index (χ1v) is 18.3. The lowest BCUT2D eigenvalue weighted by atomic mass is 9.83. The van der Waals surface area contributed by atoms with Crippen LogP contribution in [0, 0.1) is 12.8 Å². The van der Waals surface area contributed by atoms with Crippen LogP contribution in [0.15, 0.2) is 65.6 Å². The second-order valence-corrected chi connectivity index (χ2v) is 14.7. The highest BCUT2D eigenvalue weighted by molar-refractivity contribution is 6.04. The van der Waals surface area contributed by atoms with Crippen LogP contribution in [0.25, 0.3) is 21.9 Å². The molecule has 3 aromatic heterocycles. The minimum atomic E-state index is -1.09. The minimum absolute atomic E-state index is 0.169. The van der Waals surface area contributed by atoms with Gasteiger partial charge < -0.3 is 10.2 Å². The Morgan fingerprint density at radius 1 is 1.00 bits per heavy atom. The Bertz CT molecular complexity index is 2250. The van der Waals surface area contributed by atoms with Gasteiger partial charge in [0.1, 0.15) is 17.9 Å². The van der Waals surface area contributed by atoms with Gasteiger partial charge in [-0.2, -0.15) is 5.10 Å². The molecule has 3 aliphatic rings. The number of pyridine rings is 1. The van der Waals surface area contributed by atoms with Crippen LogP contribution >= 0.6 is 0 Å². The van der Waals surface area contributed by atoms with Gasteiger partial charge in [-0.05, 0) is 99.9 Å². The number of halogens is 1. The quantitative estimate of drug-likeness (QED) is 0.223. The van der Waals surface area contributed by atoms with Gasteiger partial charge in [0.25, 0.3) is 5.91 Å². The Kier molecular flexibility index (Phi) is 8.98. The molecule has 1 aliphatic carbocycles. The van der Waals surface area contributed by atoms with Crippen LogP contribution in [0.1, 0.15) is 84.7 Å². The molecular formula is C39H43FN8O4. The third-order valence-corrected chi connectivity index (χ3v) is 11.3. The average molecular weight is 707 g/mol. The van der Waals surface area contributed by atoms with Gasteiger partial charge in [-0.25, -0.2) is 14.2 Å². The fourth-order valence-electron chi connectivity index (χ4n) is 8.61. The van der Waals surface area contributed by atoms with E-state index in [4.69, 9.17) is 5.10 Å². The van der Waals surface area contributed by atoms with Crippen LogP contribution in [0.4, 0.5) is 10.1 Å². The maximum Gasteiger partial charge on any atom is 0.329 e. The smallest absolute Gasteiger partial charge is 0.321 e. The molecule has 2 N–H and O–H groups in total. The molecule has 3 amide bonds. The SMILES string of the molecule is Cc1cccc(C(=O)Nc2ccc3nn([C@H]4CC[C@H](CN5CC[C@H](c6cccc7c6n(C)c(=O)n7C6CCC(=O)NC6=O)[C@@H](F)C5)CC4)cc3c2)n1. The van der Waals surface area contributed by atoms with E-state index in [0.29, 0.717) is 41.3 Å². The molecule has 1 unspecified atom stereocenters. The van der Waals surface area contributed by atoms with E-state index in [2.05, 4.69) is 31.4 Å². The van der Waals surface area contributed by atoms with Crippen molar-refractivity contribution in [3.63, 3.8) is 0 Å². The first-order valence-electron chi connectivity index (χ1n) is 18.3. The first-order chi connectivity index (χ1) is 25.1. The molecule has 2 aliphatic heterocycles. The largest absolute Gasteiger partial charge is 0.329 e. The normalized spacial score (nSPS) is 24.3. The van der Waals surface area contributed by atoms with Crippen molar-refractivity contribution in [2.24, 2.45) is 13.0 Å². The summed E-state index contributed by atoms with van der Waals surface area (Å²) in [6.45, 7) is 3.82. The molecule has 5 heterocycles. The average Bonchev–Trinajstić information content (AvgIpc) is 3.66. The number of anilines is 1. The fraction of sp³-hybridized carbons (Fsp3) is 0.436. The number of alkyl halides is 1. The van der Waals surface area contributed by atoms with E-state index in [1.165, 1.54) is 9.13 Å². The van der Waals surface area contributed by atoms with Gasteiger partial charge >= 0.3 is 5.69 Å². The summed E-state index contributed by atoms with van der Waals surface area (Å²) >= 11 is 0. The number of imide groups is 1. The molecule has 270 valence electrons. The van der Waals surface area contributed by atoms with Crippen LogP contribution in [-0.2, 0) is 16.6 Å². The number of likely N-dealkylation sites (tertiary alicyclic amines) is 1. The maximum absolute atomic E-state index is 16.1. The molecule has 2 aromatic carbocycles. The highest BCUT2D eigenvalue weighted by Gasteiger charge is 2.36. The Labute approximate surface area is 300 Å². The number of carbonyl (C=O) groups is 3. The number of aromatic nitrogens is 5. The van der Waals surface area contributed by atoms with Crippen LogP contribution in [0.3, 0.4) is 0 Å². The summed E-state index contributed by atoms with van der Waals surface area (Å²) in [5.74, 6) is -0.941. The number of nitrogens with zero attached hydrogens (tertiary/aromatic N) is 6. The van der Waals surface area contributed by atoms with Crippen molar-refractivity contribution in [3.05, 3.63) is 88.2 Å². The van der Waals surface area contributed by atoms with Crippen molar-refractivity contribution < 1.29 is 18.8 Å². The summed E-state index contributed by atoms with van der Waals surface area (Å²) in [6.07, 6.45) is 6.11. The number of para-hydroxylation sites is 1. The van der Waals surface area contributed by atoms with Crippen molar-refractivity contribution in [2.45, 2.75) is 76.0 Å². The van der Waals surface area contributed by atoms with Crippen molar-refractivity contribution in [1.82, 2.24) is 34.1 Å². The Morgan fingerprint density at radius 2 is 1.81 bits per heavy atom. The van der Waals surface area contributed by atoms with Gasteiger partial charge in [0.15, 0.2) is 0 Å². The summed E-state index contributed by atoms with van der Waals surface area (Å²) in [6, 6.07) is 16.2. The molecule has 0 radical (unpaired) electrons. The molecule has 3 atom stereocenters. The van der Waals surface area contributed by atoms with Crippen LogP contribution < -0.4 is 16.3 Å². The summed E-state index contributed by atoms with van der Waals surface area (Å²) in [5, 5.41) is 11.1. The Morgan fingerprint density at radius 3 is 2.58 bits per heavy atom. The monoisotopic (exact) mass is 706 g/mol. The highest BCUT2D eigenvalue weighted by atomic mass is 19.1. The van der Waals surface area contributed by atoms with Gasteiger partial charge in [0, 0.05) is 55.4 Å². The Balaban J connectivity index is 0.880. The molecule has 5 aromatic rings. The minimum Gasteiger partial charge on any atom is -0.321 e. The van der Waals surface area contributed by atoms with Gasteiger partial charge in [-0.1, -0.05) is 18.2 Å². The lowest BCUT2D eigenvalue weighted by Gasteiger charge is -2.38. The lowest BCUT2D eigenvalue weighted by Crippen LogP contribution is -2.44. The van der Waals surface area contributed by atoms with Crippen LogP contribution in [0.5, 0.6) is 0 Å². The molecule has 8 rings (SSSR count). The third-order valence-electron chi connectivity index (χ3n) is 11.3. The zero-order valence-corrected chi connectivity index (χ0v) is 29.4. The molecule has 12 nitrogen and oxygen atoms in total. The molecule has 0 bridgehead atoms. The number of benzene rings is 2. The summed E-state index contributed by atoms with van der Waals surface area (Å²) in [7, 11) is 1.67. The molecule has 0 spiro atoms. The summed E-state index contributed by atoms with van der Waals surface area (Å²) in [4.78, 5) is 57.1. The van der Waals surface area contributed by atoms with E-state index in [1.807, 2.05) is 49.4 Å². The van der Waals surface area contributed by atoms with Crippen LogP contribution in [-0.4, -0.2) is 72.3 Å². The standard InChI is InChI=1S/C39H43FN8O4/c1-23-5-3-7-32(41-23)37(50)42-26-11-14-31-25(19-26)21-47(44-31)27-12-9-24(10-13-27)20-46-18-17-28(30(40)22-46)29-6-4-8-33-36(29)45(2)39(52)48(33)34-15-16-35(49)43-38(34)51/h3-8,11,14,19,21,24,27-28,30,34H,9-10,12-13,15-18,20,22H2,1-2H3,(H,42,50)(H,43,49,51)/t24-,27-,28-,30+,34?/m1/s1. The van der Waals surface area contributed by atoms with Crippen LogP contribution in [0.2, 0.25) is 0 Å². The zero-order chi connectivity index (χ0) is 36.1.